The number of benzene rings is 2. The Morgan fingerprint density at radius 1 is 1.19 bits per heavy atom. The van der Waals surface area contributed by atoms with Gasteiger partial charge in [0.2, 0.25) is 0 Å². The van der Waals surface area contributed by atoms with Gasteiger partial charge in [-0.1, -0.05) is 18.2 Å². The number of aromatic nitrogens is 1. The normalized spacial score (nSPS) is 10.3. The molecule has 2 aromatic carbocycles. The van der Waals surface area contributed by atoms with Crippen molar-refractivity contribution in [2.75, 3.05) is 0 Å². The summed E-state index contributed by atoms with van der Waals surface area (Å²) in [5.74, 6) is 0. The highest BCUT2D eigenvalue weighted by Crippen LogP contribution is 2.30. The van der Waals surface area contributed by atoms with Crippen LogP contribution in [0.5, 0.6) is 0 Å². The van der Waals surface area contributed by atoms with E-state index in [9.17, 15) is 10.1 Å². The van der Waals surface area contributed by atoms with Crippen molar-refractivity contribution in [3.8, 4) is 17.2 Å². The predicted octanol–water partition coefficient (Wildman–Crippen LogP) is 3.89. The number of hydrogen-bond donors (Lipinski definition) is 0. The Hall–Kier alpha value is -2.99. The summed E-state index contributed by atoms with van der Waals surface area (Å²) < 4.78 is 0. The summed E-state index contributed by atoms with van der Waals surface area (Å²) in [7, 11) is 0. The molecule has 100 valence electrons. The van der Waals surface area contributed by atoms with E-state index in [4.69, 9.17) is 0 Å². The van der Waals surface area contributed by atoms with Crippen LogP contribution in [0.1, 0.15) is 21.5 Å². The zero-order valence-corrected chi connectivity index (χ0v) is 11.5. The summed E-state index contributed by atoms with van der Waals surface area (Å²) in [6.45, 7) is 1.96. The van der Waals surface area contributed by atoms with Crippen LogP contribution in [0.15, 0.2) is 48.7 Å². The van der Waals surface area contributed by atoms with Crippen molar-refractivity contribution in [2.45, 2.75) is 6.92 Å². The van der Waals surface area contributed by atoms with Gasteiger partial charge in [0.1, 0.15) is 12.4 Å². The van der Waals surface area contributed by atoms with E-state index in [1.807, 2.05) is 43.3 Å². The molecule has 0 bridgehead atoms. The average Bonchev–Trinajstić information content (AvgIpc) is 2.53. The van der Waals surface area contributed by atoms with Crippen LogP contribution in [0.25, 0.3) is 22.0 Å². The van der Waals surface area contributed by atoms with E-state index in [0.717, 1.165) is 28.4 Å². The Labute approximate surface area is 122 Å². The lowest BCUT2D eigenvalue weighted by Gasteiger charge is -2.09. The summed E-state index contributed by atoms with van der Waals surface area (Å²) in [5.41, 5.74) is 4.84. The molecular formula is C18H12N2O. The largest absolute Gasteiger partial charge is 0.298 e. The fraction of sp³-hybridized carbons (Fsp3) is 0.0556. The molecule has 3 nitrogen and oxygen atoms in total. The maximum Gasteiger partial charge on any atom is 0.150 e. The second kappa shape index (κ2) is 5.18. The first-order valence-corrected chi connectivity index (χ1v) is 6.58. The zero-order valence-electron chi connectivity index (χ0n) is 11.5. The van der Waals surface area contributed by atoms with Gasteiger partial charge in [-0.25, -0.2) is 0 Å². The van der Waals surface area contributed by atoms with E-state index in [1.165, 1.54) is 0 Å². The summed E-state index contributed by atoms with van der Waals surface area (Å²) in [6.07, 6.45) is 2.53. The lowest BCUT2D eigenvalue weighted by molar-refractivity contribution is 0.112. The molecule has 0 unspecified atom stereocenters. The first-order valence-electron chi connectivity index (χ1n) is 6.58. The molecule has 1 aromatic heterocycles. The van der Waals surface area contributed by atoms with Gasteiger partial charge in [-0.2, -0.15) is 5.26 Å². The lowest BCUT2D eigenvalue weighted by atomic mass is 9.95. The van der Waals surface area contributed by atoms with Crippen LogP contribution < -0.4 is 0 Å². The summed E-state index contributed by atoms with van der Waals surface area (Å²) in [5, 5.41) is 10.1. The van der Waals surface area contributed by atoms with E-state index in [1.54, 1.807) is 12.3 Å². The van der Waals surface area contributed by atoms with Crippen molar-refractivity contribution in [1.82, 2.24) is 4.98 Å². The van der Waals surface area contributed by atoms with E-state index in [2.05, 4.69) is 11.1 Å². The van der Waals surface area contributed by atoms with E-state index >= 15 is 0 Å². The number of hydrogen-bond acceptors (Lipinski definition) is 3. The highest BCUT2D eigenvalue weighted by atomic mass is 16.1. The van der Waals surface area contributed by atoms with Crippen LogP contribution in [-0.4, -0.2) is 11.3 Å². The molecule has 3 heteroatoms. The second-order valence-electron chi connectivity index (χ2n) is 4.92. The molecule has 0 aliphatic heterocycles. The third-order valence-corrected chi connectivity index (χ3v) is 3.44. The van der Waals surface area contributed by atoms with Gasteiger partial charge in [-0.15, -0.1) is 0 Å². The second-order valence-corrected chi connectivity index (χ2v) is 4.92. The Morgan fingerprint density at radius 2 is 2.05 bits per heavy atom. The Morgan fingerprint density at radius 3 is 2.81 bits per heavy atom. The number of nitriles is 1. The lowest BCUT2D eigenvalue weighted by Crippen LogP contribution is -1.90. The number of pyridine rings is 1. The van der Waals surface area contributed by atoms with Crippen LogP contribution in [-0.2, 0) is 0 Å². The number of nitrogens with zero attached hydrogens (tertiary/aromatic N) is 2. The maximum atomic E-state index is 11.1. The average molecular weight is 272 g/mol. The summed E-state index contributed by atoms with van der Waals surface area (Å²) in [4.78, 5) is 15.4. The highest BCUT2D eigenvalue weighted by molar-refractivity contribution is 5.98. The Balaban J connectivity index is 2.34. The Bertz CT molecular complexity index is 891. The molecule has 0 amide bonds. The number of rotatable bonds is 2. The van der Waals surface area contributed by atoms with Gasteiger partial charge >= 0.3 is 0 Å². The van der Waals surface area contributed by atoms with Crippen molar-refractivity contribution < 1.29 is 4.79 Å². The molecule has 0 aliphatic carbocycles. The van der Waals surface area contributed by atoms with Gasteiger partial charge in [0.15, 0.2) is 0 Å². The molecule has 0 atom stereocenters. The quantitative estimate of drug-likeness (QED) is 0.665. The van der Waals surface area contributed by atoms with Crippen LogP contribution in [0.2, 0.25) is 0 Å². The van der Waals surface area contributed by atoms with Gasteiger partial charge in [0.25, 0.3) is 0 Å². The van der Waals surface area contributed by atoms with Crippen molar-refractivity contribution in [2.24, 2.45) is 0 Å². The zero-order chi connectivity index (χ0) is 14.8. The molecule has 0 fully saturated rings. The third kappa shape index (κ3) is 2.28. The fourth-order valence-corrected chi connectivity index (χ4v) is 2.55. The first-order chi connectivity index (χ1) is 10.2. The van der Waals surface area contributed by atoms with Crippen molar-refractivity contribution in [3.63, 3.8) is 0 Å². The molecular weight excluding hydrogens is 260 g/mol. The molecule has 0 N–H and O–H groups in total. The molecule has 3 aromatic rings. The molecule has 1 heterocycles. The molecule has 0 aliphatic rings. The minimum Gasteiger partial charge on any atom is -0.298 e. The van der Waals surface area contributed by atoms with Gasteiger partial charge in [-0.05, 0) is 47.9 Å². The SMILES string of the molecule is Cc1cc(C=O)cc(-c2ccc(C#N)c3ncccc23)c1. The molecule has 0 saturated heterocycles. The van der Waals surface area contributed by atoms with Gasteiger partial charge in [0, 0.05) is 17.1 Å². The number of carbonyl (C=O) groups excluding carboxylic acids is 1. The summed E-state index contributed by atoms with van der Waals surface area (Å²) in [6, 6.07) is 15.4. The molecule has 0 radical (unpaired) electrons. The standard InChI is InChI=1S/C18H12N2O/c1-12-7-13(11-21)9-15(8-12)16-5-4-14(10-19)18-17(16)3-2-6-20-18/h2-9,11H,1H3. The predicted molar refractivity (Wildman–Crippen MR) is 82.0 cm³/mol. The fourth-order valence-electron chi connectivity index (χ4n) is 2.55. The number of aryl methyl sites for hydroxylation is 1. The summed E-state index contributed by atoms with van der Waals surface area (Å²) >= 11 is 0. The van der Waals surface area contributed by atoms with Crippen LogP contribution in [0.3, 0.4) is 0 Å². The minimum absolute atomic E-state index is 0.553. The molecule has 21 heavy (non-hydrogen) atoms. The third-order valence-electron chi connectivity index (χ3n) is 3.44. The smallest absolute Gasteiger partial charge is 0.150 e. The topological polar surface area (TPSA) is 53.8 Å². The number of fused-ring (bicyclic) bond motifs is 1. The van der Waals surface area contributed by atoms with Gasteiger partial charge in [-0.3, -0.25) is 9.78 Å². The number of carbonyl (C=O) groups is 1. The Kier molecular flexibility index (Phi) is 3.21. The van der Waals surface area contributed by atoms with Crippen LogP contribution in [0.4, 0.5) is 0 Å². The van der Waals surface area contributed by atoms with Crippen molar-refractivity contribution >= 4 is 17.2 Å². The molecule has 3 rings (SSSR count). The van der Waals surface area contributed by atoms with Gasteiger partial charge < -0.3 is 0 Å². The number of aldehydes is 1. The first kappa shape index (κ1) is 13.0. The minimum atomic E-state index is 0.553. The maximum absolute atomic E-state index is 11.1. The highest BCUT2D eigenvalue weighted by Gasteiger charge is 2.09. The van der Waals surface area contributed by atoms with Crippen LogP contribution >= 0.6 is 0 Å². The molecule has 0 saturated carbocycles. The van der Waals surface area contributed by atoms with Crippen LogP contribution in [0, 0.1) is 18.3 Å². The van der Waals surface area contributed by atoms with Crippen molar-refractivity contribution in [1.29, 1.82) is 5.26 Å². The van der Waals surface area contributed by atoms with E-state index < -0.39 is 0 Å². The van der Waals surface area contributed by atoms with Gasteiger partial charge in [0.05, 0.1) is 11.1 Å². The van der Waals surface area contributed by atoms with E-state index in [-0.39, 0.29) is 0 Å². The van der Waals surface area contributed by atoms with E-state index in [0.29, 0.717) is 16.6 Å². The molecule has 0 spiro atoms. The van der Waals surface area contributed by atoms with Crippen molar-refractivity contribution in [3.05, 3.63) is 65.4 Å². The monoisotopic (exact) mass is 272 g/mol.